The SMILES string of the molecule is COc1ccc(CC(=O)Nc2ncc(S(=O)(=O)c3cccc(OC(F)(F)F)c3)s2)cc1OC. The standard InChI is InChI=1S/C20H17F3N2O6S2/c1-29-15-7-6-12(8-16(15)30-2)9-17(26)25-19-24-11-18(32-19)33(27,28)14-5-3-4-13(10-14)31-20(21,22)23/h3-8,10-11H,9H2,1-2H3,(H,24,25,26). The van der Waals surface area contributed by atoms with Crippen molar-refractivity contribution < 1.29 is 40.6 Å². The largest absolute Gasteiger partial charge is 0.573 e. The number of hydrogen-bond donors (Lipinski definition) is 1. The summed E-state index contributed by atoms with van der Waals surface area (Å²) in [5, 5.41) is 2.52. The summed E-state index contributed by atoms with van der Waals surface area (Å²) >= 11 is 0.668. The second kappa shape index (κ2) is 9.67. The van der Waals surface area contributed by atoms with Gasteiger partial charge in [0.25, 0.3) is 0 Å². The van der Waals surface area contributed by atoms with Gasteiger partial charge in [0.05, 0.1) is 31.7 Å². The second-order valence-electron chi connectivity index (χ2n) is 6.42. The van der Waals surface area contributed by atoms with Gasteiger partial charge in [0.2, 0.25) is 15.7 Å². The Labute approximate surface area is 190 Å². The van der Waals surface area contributed by atoms with E-state index in [0.717, 1.165) is 30.5 Å². The lowest BCUT2D eigenvalue weighted by molar-refractivity contribution is -0.274. The minimum absolute atomic E-state index is 0.0155. The molecule has 0 aliphatic carbocycles. The van der Waals surface area contributed by atoms with E-state index in [2.05, 4.69) is 15.0 Å². The number of nitrogens with zero attached hydrogens (tertiary/aromatic N) is 1. The number of alkyl halides is 3. The number of rotatable bonds is 8. The summed E-state index contributed by atoms with van der Waals surface area (Å²) in [6.07, 6.45) is -3.99. The molecule has 0 aliphatic rings. The van der Waals surface area contributed by atoms with Crippen LogP contribution in [0.3, 0.4) is 0 Å². The smallest absolute Gasteiger partial charge is 0.493 e. The third kappa shape index (κ3) is 6.14. The molecule has 2 aromatic carbocycles. The molecule has 33 heavy (non-hydrogen) atoms. The number of benzene rings is 2. The maximum Gasteiger partial charge on any atom is 0.573 e. The number of halogens is 3. The molecule has 1 amide bonds. The molecule has 0 aliphatic heterocycles. The normalized spacial score (nSPS) is 11.7. The highest BCUT2D eigenvalue weighted by Crippen LogP contribution is 2.32. The van der Waals surface area contributed by atoms with Gasteiger partial charge in [-0.1, -0.05) is 23.5 Å². The van der Waals surface area contributed by atoms with E-state index in [9.17, 15) is 26.4 Å². The molecule has 3 aromatic rings. The van der Waals surface area contributed by atoms with Crippen LogP contribution < -0.4 is 19.5 Å². The number of thiazole rings is 1. The maximum atomic E-state index is 12.8. The van der Waals surface area contributed by atoms with Crippen LogP contribution in [0.1, 0.15) is 5.56 Å². The van der Waals surface area contributed by atoms with Gasteiger partial charge in [-0.15, -0.1) is 13.2 Å². The number of carbonyl (C=O) groups is 1. The molecule has 3 rings (SSSR count). The van der Waals surface area contributed by atoms with Crippen LogP contribution in [0.15, 0.2) is 57.8 Å². The number of hydrogen-bond acceptors (Lipinski definition) is 8. The summed E-state index contributed by atoms with van der Waals surface area (Å²) in [6.45, 7) is 0. The van der Waals surface area contributed by atoms with Crippen LogP contribution in [0.25, 0.3) is 0 Å². The number of ether oxygens (including phenoxy) is 3. The topological polar surface area (TPSA) is 104 Å². The Bertz CT molecular complexity index is 1260. The van der Waals surface area contributed by atoms with E-state index >= 15 is 0 Å². The monoisotopic (exact) mass is 502 g/mol. The van der Waals surface area contributed by atoms with E-state index in [4.69, 9.17) is 9.47 Å². The Morgan fingerprint density at radius 1 is 1.09 bits per heavy atom. The fraction of sp³-hybridized carbons (Fsp3) is 0.200. The van der Waals surface area contributed by atoms with Crippen LogP contribution in [0.4, 0.5) is 18.3 Å². The summed E-state index contributed by atoms with van der Waals surface area (Å²) in [4.78, 5) is 15.8. The second-order valence-corrected chi connectivity index (χ2v) is 9.63. The summed E-state index contributed by atoms with van der Waals surface area (Å²) in [7, 11) is -1.23. The Kier molecular flexibility index (Phi) is 7.12. The molecule has 0 bridgehead atoms. The molecule has 176 valence electrons. The van der Waals surface area contributed by atoms with Gasteiger partial charge in [-0.25, -0.2) is 13.4 Å². The minimum atomic E-state index is -4.96. The van der Waals surface area contributed by atoms with Crippen LogP contribution in [-0.4, -0.2) is 39.9 Å². The number of methoxy groups -OCH3 is 2. The van der Waals surface area contributed by atoms with Gasteiger partial charge in [0, 0.05) is 0 Å². The lowest BCUT2D eigenvalue weighted by Crippen LogP contribution is -2.17. The lowest BCUT2D eigenvalue weighted by atomic mass is 10.1. The fourth-order valence-electron chi connectivity index (χ4n) is 2.74. The average molecular weight is 502 g/mol. The van der Waals surface area contributed by atoms with Crippen molar-refractivity contribution in [1.82, 2.24) is 4.98 Å². The summed E-state index contributed by atoms with van der Waals surface area (Å²) in [6, 6.07) is 8.96. The number of sulfone groups is 1. The molecule has 0 spiro atoms. The lowest BCUT2D eigenvalue weighted by Gasteiger charge is -2.10. The quantitative estimate of drug-likeness (QED) is 0.495. The molecule has 0 radical (unpaired) electrons. The molecule has 0 atom stereocenters. The Balaban J connectivity index is 1.73. The van der Waals surface area contributed by atoms with Gasteiger partial charge < -0.3 is 19.5 Å². The van der Waals surface area contributed by atoms with Crippen LogP contribution >= 0.6 is 11.3 Å². The Morgan fingerprint density at radius 2 is 1.82 bits per heavy atom. The van der Waals surface area contributed by atoms with E-state index in [-0.39, 0.29) is 15.8 Å². The van der Waals surface area contributed by atoms with E-state index in [1.807, 2.05) is 0 Å². The fourth-order valence-corrected chi connectivity index (χ4v) is 5.22. The van der Waals surface area contributed by atoms with Crippen molar-refractivity contribution in [3.8, 4) is 17.2 Å². The van der Waals surface area contributed by atoms with Crippen molar-refractivity contribution in [2.75, 3.05) is 19.5 Å². The number of aromatic nitrogens is 1. The highest BCUT2D eigenvalue weighted by Gasteiger charge is 2.32. The molecule has 8 nitrogen and oxygen atoms in total. The summed E-state index contributed by atoms with van der Waals surface area (Å²) < 4.78 is 76.6. The minimum Gasteiger partial charge on any atom is -0.493 e. The molecule has 0 saturated heterocycles. The zero-order valence-electron chi connectivity index (χ0n) is 17.2. The van der Waals surface area contributed by atoms with E-state index in [1.165, 1.54) is 14.2 Å². The maximum absolute atomic E-state index is 12.8. The van der Waals surface area contributed by atoms with Crippen LogP contribution in [0.5, 0.6) is 17.2 Å². The van der Waals surface area contributed by atoms with Crippen molar-refractivity contribution in [3.05, 3.63) is 54.2 Å². The van der Waals surface area contributed by atoms with Crippen LogP contribution in [0.2, 0.25) is 0 Å². The highest BCUT2D eigenvalue weighted by molar-refractivity contribution is 7.93. The van der Waals surface area contributed by atoms with Gasteiger partial charge in [0.1, 0.15) is 9.96 Å². The van der Waals surface area contributed by atoms with Crippen molar-refractivity contribution in [2.24, 2.45) is 0 Å². The zero-order valence-corrected chi connectivity index (χ0v) is 18.8. The molecular formula is C20H17F3N2O6S2. The predicted molar refractivity (Wildman–Crippen MR) is 113 cm³/mol. The first kappa shape index (κ1) is 24.3. The van der Waals surface area contributed by atoms with Crippen LogP contribution in [0, 0.1) is 0 Å². The first-order chi connectivity index (χ1) is 15.5. The number of anilines is 1. The predicted octanol–water partition coefficient (Wildman–Crippen LogP) is 4.07. The first-order valence-electron chi connectivity index (χ1n) is 9.09. The van der Waals surface area contributed by atoms with Crippen molar-refractivity contribution >= 4 is 32.2 Å². The summed E-state index contributed by atoms with van der Waals surface area (Å²) in [5.74, 6) is -0.180. The van der Waals surface area contributed by atoms with Crippen molar-refractivity contribution in [3.63, 3.8) is 0 Å². The molecule has 0 unspecified atom stereocenters. The number of nitrogens with one attached hydrogen (secondary N) is 1. The Hall–Kier alpha value is -3.32. The zero-order chi connectivity index (χ0) is 24.2. The number of amides is 1. The number of carbonyl (C=O) groups excluding carboxylic acids is 1. The van der Waals surface area contributed by atoms with Gasteiger partial charge in [-0.3, -0.25) is 4.79 Å². The third-order valence-electron chi connectivity index (χ3n) is 4.16. The van der Waals surface area contributed by atoms with Gasteiger partial charge in [0.15, 0.2) is 16.6 Å². The molecule has 1 heterocycles. The first-order valence-corrected chi connectivity index (χ1v) is 11.4. The van der Waals surface area contributed by atoms with Gasteiger partial charge in [-0.2, -0.15) is 0 Å². The summed E-state index contributed by atoms with van der Waals surface area (Å²) in [5.41, 5.74) is 0.621. The van der Waals surface area contributed by atoms with E-state index in [1.54, 1.807) is 18.2 Å². The molecule has 1 aromatic heterocycles. The third-order valence-corrected chi connectivity index (χ3v) is 7.28. The van der Waals surface area contributed by atoms with Crippen LogP contribution in [-0.2, 0) is 21.1 Å². The van der Waals surface area contributed by atoms with Gasteiger partial charge >= 0.3 is 6.36 Å². The van der Waals surface area contributed by atoms with Crippen molar-refractivity contribution in [2.45, 2.75) is 21.9 Å². The van der Waals surface area contributed by atoms with E-state index < -0.39 is 32.8 Å². The van der Waals surface area contributed by atoms with Gasteiger partial charge in [-0.05, 0) is 35.9 Å². The van der Waals surface area contributed by atoms with E-state index in [0.29, 0.717) is 28.4 Å². The highest BCUT2D eigenvalue weighted by atomic mass is 32.2. The molecule has 0 saturated carbocycles. The molecular weight excluding hydrogens is 485 g/mol. The molecule has 0 fully saturated rings. The Morgan fingerprint density at radius 3 is 2.48 bits per heavy atom. The molecule has 1 N–H and O–H groups in total. The molecule has 13 heteroatoms. The van der Waals surface area contributed by atoms with Crippen molar-refractivity contribution in [1.29, 1.82) is 0 Å². The average Bonchev–Trinajstić information content (AvgIpc) is 3.21.